The lowest BCUT2D eigenvalue weighted by molar-refractivity contribution is 0.163. The van der Waals surface area contributed by atoms with Crippen molar-refractivity contribution in [2.45, 2.75) is 25.9 Å². The number of ether oxygens (including phenoxy) is 1. The highest BCUT2D eigenvalue weighted by Crippen LogP contribution is 2.29. The molecule has 0 amide bonds. The molecule has 0 radical (unpaired) electrons. The Kier molecular flexibility index (Phi) is 4.22. The molecule has 102 valence electrons. The number of aryl methyl sites for hydroxylation is 3. The number of hydrogen-bond donors (Lipinski definition) is 1. The largest absolute Gasteiger partial charge is 0.496 e. The molecule has 0 aliphatic heterocycles. The molecule has 1 atom stereocenters. The number of aliphatic hydroxyl groups is 1. The molecule has 0 aliphatic rings. The molecule has 4 heteroatoms. The number of aromatic nitrogens is 2. The topological polar surface area (TPSA) is 47.3 Å². The number of methoxy groups -OCH3 is 1. The Hall–Kier alpha value is -1.81. The number of nitrogens with zero attached hydrogens (tertiary/aromatic N) is 2. The summed E-state index contributed by atoms with van der Waals surface area (Å²) in [5.74, 6) is 0.749. The van der Waals surface area contributed by atoms with Crippen molar-refractivity contribution in [2.75, 3.05) is 7.11 Å². The fourth-order valence-electron chi connectivity index (χ4n) is 2.15. The van der Waals surface area contributed by atoms with E-state index in [4.69, 9.17) is 4.74 Å². The minimum absolute atomic E-state index is 0.518. The third-order valence-corrected chi connectivity index (χ3v) is 3.21. The van der Waals surface area contributed by atoms with Crippen molar-refractivity contribution >= 4 is 0 Å². The Morgan fingerprint density at radius 3 is 2.84 bits per heavy atom. The molecule has 0 bridgehead atoms. The summed E-state index contributed by atoms with van der Waals surface area (Å²) in [6, 6.07) is 5.87. The van der Waals surface area contributed by atoms with Crippen LogP contribution in [0.1, 0.15) is 29.2 Å². The van der Waals surface area contributed by atoms with Gasteiger partial charge in [-0.05, 0) is 37.0 Å². The Morgan fingerprint density at radius 1 is 1.42 bits per heavy atom. The van der Waals surface area contributed by atoms with E-state index in [2.05, 4.69) is 5.10 Å². The van der Waals surface area contributed by atoms with Crippen molar-refractivity contribution in [3.8, 4) is 5.75 Å². The van der Waals surface area contributed by atoms with E-state index in [1.54, 1.807) is 11.8 Å². The number of rotatable bonds is 5. The van der Waals surface area contributed by atoms with Gasteiger partial charge in [-0.2, -0.15) is 5.10 Å². The highest BCUT2D eigenvalue weighted by atomic mass is 16.5. The maximum atomic E-state index is 10.3. The Balaban J connectivity index is 2.05. The van der Waals surface area contributed by atoms with Crippen molar-refractivity contribution in [2.24, 2.45) is 7.05 Å². The van der Waals surface area contributed by atoms with E-state index in [0.29, 0.717) is 6.42 Å². The van der Waals surface area contributed by atoms with Gasteiger partial charge in [0.15, 0.2) is 0 Å². The monoisotopic (exact) mass is 260 g/mol. The van der Waals surface area contributed by atoms with E-state index in [-0.39, 0.29) is 0 Å². The first-order chi connectivity index (χ1) is 9.10. The van der Waals surface area contributed by atoms with Crippen LogP contribution >= 0.6 is 0 Å². The molecule has 0 spiro atoms. The van der Waals surface area contributed by atoms with Gasteiger partial charge in [-0.25, -0.2) is 0 Å². The zero-order valence-electron chi connectivity index (χ0n) is 11.6. The van der Waals surface area contributed by atoms with Crippen molar-refractivity contribution < 1.29 is 9.84 Å². The second kappa shape index (κ2) is 5.89. The fourth-order valence-corrected chi connectivity index (χ4v) is 2.15. The van der Waals surface area contributed by atoms with E-state index < -0.39 is 6.10 Å². The summed E-state index contributed by atoms with van der Waals surface area (Å²) in [5.41, 5.74) is 3.10. The lowest BCUT2D eigenvalue weighted by Crippen LogP contribution is -2.02. The van der Waals surface area contributed by atoms with E-state index >= 15 is 0 Å². The van der Waals surface area contributed by atoms with Gasteiger partial charge in [0.05, 0.1) is 19.4 Å². The molecule has 0 saturated carbocycles. The Bertz CT molecular complexity index is 549. The molecule has 1 aromatic carbocycles. The SMILES string of the molecule is COc1cc(C)ccc1C(O)CCc1cnn(C)c1. The van der Waals surface area contributed by atoms with Gasteiger partial charge in [0, 0.05) is 18.8 Å². The smallest absolute Gasteiger partial charge is 0.124 e. The molecule has 1 aromatic heterocycles. The van der Waals surface area contributed by atoms with E-state index in [9.17, 15) is 5.11 Å². The van der Waals surface area contributed by atoms with E-state index in [0.717, 1.165) is 28.9 Å². The normalized spacial score (nSPS) is 12.4. The summed E-state index contributed by atoms with van der Waals surface area (Å²) in [7, 11) is 3.52. The molecule has 19 heavy (non-hydrogen) atoms. The van der Waals surface area contributed by atoms with Crippen LogP contribution < -0.4 is 4.74 Å². The van der Waals surface area contributed by atoms with Crippen LogP contribution in [0.4, 0.5) is 0 Å². The predicted octanol–water partition coefficient (Wildman–Crippen LogP) is 2.40. The molecule has 1 unspecified atom stereocenters. The second-order valence-corrected chi connectivity index (χ2v) is 4.82. The summed E-state index contributed by atoms with van der Waals surface area (Å²) in [4.78, 5) is 0. The van der Waals surface area contributed by atoms with E-state index in [1.807, 2.05) is 44.6 Å². The summed E-state index contributed by atoms with van der Waals surface area (Å²) < 4.78 is 7.10. The number of aliphatic hydroxyl groups excluding tert-OH is 1. The molecular formula is C15H20N2O2. The third kappa shape index (κ3) is 3.35. The van der Waals surface area contributed by atoms with Crippen molar-refractivity contribution in [1.29, 1.82) is 0 Å². The molecule has 0 saturated heterocycles. The Labute approximate surface area is 113 Å². The van der Waals surface area contributed by atoms with Crippen molar-refractivity contribution in [1.82, 2.24) is 9.78 Å². The minimum atomic E-state index is -0.518. The molecule has 1 heterocycles. The van der Waals surface area contributed by atoms with Crippen molar-refractivity contribution in [3.63, 3.8) is 0 Å². The van der Waals surface area contributed by atoms with Crippen LogP contribution in [0.2, 0.25) is 0 Å². The van der Waals surface area contributed by atoms with Gasteiger partial charge >= 0.3 is 0 Å². The maximum Gasteiger partial charge on any atom is 0.124 e. The third-order valence-electron chi connectivity index (χ3n) is 3.21. The molecule has 2 rings (SSSR count). The van der Waals surface area contributed by atoms with Gasteiger partial charge in [0.25, 0.3) is 0 Å². The van der Waals surface area contributed by atoms with E-state index in [1.165, 1.54) is 0 Å². The Morgan fingerprint density at radius 2 is 2.21 bits per heavy atom. The molecule has 0 fully saturated rings. The average Bonchev–Trinajstić information content (AvgIpc) is 2.81. The van der Waals surface area contributed by atoms with Crippen LogP contribution in [0.3, 0.4) is 0 Å². The first kappa shape index (κ1) is 13.6. The van der Waals surface area contributed by atoms with Crippen LogP contribution in [0.15, 0.2) is 30.6 Å². The summed E-state index contributed by atoms with van der Waals surface area (Å²) in [6.07, 6.45) is 4.74. The first-order valence-corrected chi connectivity index (χ1v) is 6.40. The van der Waals surface area contributed by atoms with Crippen LogP contribution in [0.5, 0.6) is 5.75 Å². The van der Waals surface area contributed by atoms with Gasteiger partial charge in [-0.3, -0.25) is 4.68 Å². The molecule has 2 aromatic rings. The van der Waals surface area contributed by atoms with Crippen LogP contribution in [-0.2, 0) is 13.5 Å². The summed E-state index contributed by atoms with van der Waals surface area (Å²) >= 11 is 0. The molecule has 1 N–H and O–H groups in total. The maximum absolute atomic E-state index is 10.3. The molecule has 4 nitrogen and oxygen atoms in total. The molecular weight excluding hydrogens is 240 g/mol. The second-order valence-electron chi connectivity index (χ2n) is 4.82. The van der Waals surface area contributed by atoms with Crippen LogP contribution in [0, 0.1) is 6.92 Å². The highest BCUT2D eigenvalue weighted by molar-refractivity contribution is 5.38. The summed E-state index contributed by atoms with van der Waals surface area (Å²) in [5, 5.41) is 14.4. The predicted molar refractivity (Wildman–Crippen MR) is 74.2 cm³/mol. The number of benzene rings is 1. The van der Waals surface area contributed by atoms with Gasteiger partial charge in [-0.15, -0.1) is 0 Å². The van der Waals surface area contributed by atoms with Gasteiger partial charge in [0.2, 0.25) is 0 Å². The van der Waals surface area contributed by atoms with Crippen LogP contribution in [-0.4, -0.2) is 22.0 Å². The fraction of sp³-hybridized carbons (Fsp3) is 0.400. The van der Waals surface area contributed by atoms with Crippen LogP contribution in [0.25, 0.3) is 0 Å². The summed E-state index contributed by atoms with van der Waals surface area (Å²) in [6.45, 7) is 2.01. The van der Waals surface area contributed by atoms with Gasteiger partial charge in [0.1, 0.15) is 5.75 Å². The zero-order valence-corrected chi connectivity index (χ0v) is 11.6. The van der Waals surface area contributed by atoms with Gasteiger partial charge < -0.3 is 9.84 Å². The highest BCUT2D eigenvalue weighted by Gasteiger charge is 2.13. The number of hydrogen-bond acceptors (Lipinski definition) is 3. The molecule has 0 aliphatic carbocycles. The standard InChI is InChI=1S/C15H20N2O2/c1-11-4-6-13(15(8-11)19-3)14(18)7-5-12-9-16-17(2)10-12/h4,6,8-10,14,18H,5,7H2,1-3H3. The lowest BCUT2D eigenvalue weighted by Gasteiger charge is -2.15. The van der Waals surface area contributed by atoms with Crippen molar-refractivity contribution in [3.05, 3.63) is 47.3 Å². The van der Waals surface area contributed by atoms with Gasteiger partial charge in [-0.1, -0.05) is 12.1 Å². The zero-order chi connectivity index (χ0) is 13.8. The quantitative estimate of drug-likeness (QED) is 0.898. The average molecular weight is 260 g/mol. The lowest BCUT2D eigenvalue weighted by atomic mass is 10.0. The first-order valence-electron chi connectivity index (χ1n) is 6.40. The minimum Gasteiger partial charge on any atom is -0.496 e.